The minimum atomic E-state index is -0.955. The molecular formula is C19H24N2O4. The summed E-state index contributed by atoms with van der Waals surface area (Å²) in [6.45, 7) is 1.16. The molecule has 1 aliphatic carbocycles. The third-order valence-electron chi connectivity index (χ3n) is 4.93. The van der Waals surface area contributed by atoms with E-state index in [1.165, 1.54) is 0 Å². The second kappa shape index (κ2) is 7.68. The van der Waals surface area contributed by atoms with Gasteiger partial charge in [0.2, 0.25) is 11.8 Å². The van der Waals surface area contributed by atoms with Crippen molar-refractivity contribution in [3.8, 4) is 0 Å². The van der Waals surface area contributed by atoms with E-state index < -0.39 is 12.0 Å². The molecule has 1 saturated heterocycles. The largest absolute Gasteiger partial charge is 0.481 e. The maximum absolute atomic E-state index is 12.7. The molecule has 1 heterocycles. The van der Waals surface area contributed by atoms with Crippen molar-refractivity contribution in [1.82, 2.24) is 10.2 Å². The second-order valence-electron chi connectivity index (χ2n) is 6.97. The molecule has 134 valence electrons. The Labute approximate surface area is 147 Å². The molecule has 2 atom stereocenters. The summed E-state index contributed by atoms with van der Waals surface area (Å²) in [5, 5.41) is 12.0. The molecular weight excluding hydrogens is 320 g/mol. The van der Waals surface area contributed by atoms with Crippen LogP contribution < -0.4 is 5.32 Å². The predicted octanol–water partition coefficient (Wildman–Crippen LogP) is 1.97. The van der Waals surface area contributed by atoms with E-state index in [9.17, 15) is 14.4 Å². The van der Waals surface area contributed by atoms with Crippen LogP contribution in [0.25, 0.3) is 0 Å². The van der Waals surface area contributed by atoms with Gasteiger partial charge in [0.05, 0.1) is 18.4 Å². The van der Waals surface area contributed by atoms with E-state index in [1.54, 1.807) is 4.90 Å². The maximum atomic E-state index is 12.7. The van der Waals surface area contributed by atoms with Gasteiger partial charge in [0.15, 0.2) is 0 Å². The Kier molecular flexibility index (Phi) is 5.36. The normalized spacial score (nSPS) is 21.4. The zero-order chi connectivity index (χ0) is 17.8. The molecule has 1 saturated carbocycles. The number of carbonyl (C=O) groups excluding carboxylic acids is 2. The molecule has 3 rings (SSSR count). The topological polar surface area (TPSA) is 86.7 Å². The van der Waals surface area contributed by atoms with Gasteiger partial charge in [-0.25, -0.2) is 0 Å². The number of carboxylic acids is 1. The number of rotatable bonds is 6. The minimum absolute atomic E-state index is 0.158. The molecule has 2 unspecified atom stereocenters. The van der Waals surface area contributed by atoms with Crippen molar-refractivity contribution in [3.05, 3.63) is 35.9 Å². The van der Waals surface area contributed by atoms with Gasteiger partial charge in [-0.2, -0.15) is 0 Å². The molecule has 6 heteroatoms. The fraction of sp³-hybridized carbons (Fsp3) is 0.526. The summed E-state index contributed by atoms with van der Waals surface area (Å²) in [5.41, 5.74) is 0.778. The number of carboxylic acid groups (broad SMARTS) is 1. The van der Waals surface area contributed by atoms with Crippen LogP contribution in [0.1, 0.15) is 43.7 Å². The number of likely N-dealkylation sites (tertiary alicyclic amines) is 1. The number of hydrogen-bond acceptors (Lipinski definition) is 3. The number of piperidine rings is 1. The Morgan fingerprint density at radius 1 is 1.12 bits per heavy atom. The van der Waals surface area contributed by atoms with Gasteiger partial charge in [-0.05, 0) is 31.2 Å². The molecule has 0 radical (unpaired) electrons. The lowest BCUT2D eigenvalue weighted by atomic mass is 9.95. The first kappa shape index (κ1) is 17.5. The molecule has 1 aromatic carbocycles. The van der Waals surface area contributed by atoms with Gasteiger partial charge >= 0.3 is 5.97 Å². The van der Waals surface area contributed by atoms with Gasteiger partial charge in [-0.1, -0.05) is 30.3 Å². The zero-order valence-electron chi connectivity index (χ0n) is 14.2. The Morgan fingerprint density at radius 3 is 2.48 bits per heavy atom. The summed E-state index contributed by atoms with van der Waals surface area (Å²) in [4.78, 5) is 37.9. The van der Waals surface area contributed by atoms with Gasteiger partial charge in [0.25, 0.3) is 0 Å². The van der Waals surface area contributed by atoms with E-state index in [4.69, 9.17) is 5.11 Å². The predicted molar refractivity (Wildman–Crippen MR) is 91.6 cm³/mol. The number of nitrogens with zero attached hydrogens (tertiary/aromatic N) is 1. The van der Waals surface area contributed by atoms with Crippen molar-refractivity contribution >= 4 is 17.8 Å². The number of aliphatic carboxylic acids is 1. The molecule has 2 aliphatic rings. The van der Waals surface area contributed by atoms with Crippen LogP contribution in [-0.4, -0.2) is 40.9 Å². The first-order valence-electron chi connectivity index (χ1n) is 8.90. The SMILES string of the molecule is O=C(O)CC(NC(=O)C1CCCN(C(=O)C2CC2)C1)c1ccccc1. The average molecular weight is 344 g/mol. The van der Waals surface area contributed by atoms with Gasteiger partial charge in [0.1, 0.15) is 0 Å². The number of nitrogens with one attached hydrogen (secondary N) is 1. The van der Waals surface area contributed by atoms with Crippen LogP contribution >= 0.6 is 0 Å². The Hall–Kier alpha value is -2.37. The van der Waals surface area contributed by atoms with Crippen LogP contribution in [0.3, 0.4) is 0 Å². The number of amides is 2. The smallest absolute Gasteiger partial charge is 0.305 e. The van der Waals surface area contributed by atoms with E-state index in [1.807, 2.05) is 30.3 Å². The first-order valence-corrected chi connectivity index (χ1v) is 8.90. The highest BCUT2D eigenvalue weighted by Gasteiger charge is 2.37. The standard InChI is InChI=1S/C19H24N2O4/c22-17(23)11-16(13-5-2-1-3-6-13)20-18(24)15-7-4-10-21(12-15)19(25)14-8-9-14/h1-3,5-6,14-16H,4,7-12H2,(H,20,24)(H,22,23). The lowest BCUT2D eigenvalue weighted by Crippen LogP contribution is -2.46. The number of hydrogen-bond donors (Lipinski definition) is 2. The van der Waals surface area contributed by atoms with Crippen LogP contribution in [0.5, 0.6) is 0 Å². The van der Waals surface area contributed by atoms with E-state index in [2.05, 4.69) is 5.32 Å². The Morgan fingerprint density at radius 2 is 1.84 bits per heavy atom. The van der Waals surface area contributed by atoms with Crippen LogP contribution in [0.2, 0.25) is 0 Å². The van der Waals surface area contributed by atoms with Crippen LogP contribution in [-0.2, 0) is 14.4 Å². The molecule has 1 aromatic rings. The maximum Gasteiger partial charge on any atom is 0.305 e. The molecule has 2 fully saturated rings. The van der Waals surface area contributed by atoms with Crippen molar-refractivity contribution in [2.24, 2.45) is 11.8 Å². The first-order chi connectivity index (χ1) is 12.0. The molecule has 25 heavy (non-hydrogen) atoms. The van der Waals surface area contributed by atoms with Gasteiger partial charge < -0.3 is 15.3 Å². The molecule has 0 aromatic heterocycles. The number of benzene rings is 1. The summed E-state index contributed by atoms with van der Waals surface area (Å²) in [5.74, 6) is -1.06. The van der Waals surface area contributed by atoms with Gasteiger partial charge in [-0.3, -0.25) is 14.4 Å². The summed E-state index contributed by atoms with van der Waals surface area (Å²) < 4.78 is 0. The number of carbonyl (C=O) groups is 3. The van der Waals surface area contributed by atoms with Crippen molar-refractivity contribution in [3.63, 3.8) is 0 Å². The monoisotopic (exact) mass is 344 g/mol. The quantitative estimate of drug-likeness (QED) is 0.826. The van der Waals surface area contributed by atoms with Crippen LogP contribution in [0, 0.1) is 11.8 Å². The fourth-order valence-corrected chi connectivity index (χ4v) is 3.38. The highest BCUT2D eigenvalue weighted by atomic mass is 16.4. The van der Waals surface area contributed by atoms with E-state index in [0.717, 1.165) is 37.8 Å². The van der Waals surface area contributed by atoms with Crippen LogP contribution in [0.4, 0.5) is 0 Å². The molecule has 6 nitrogen and oxygen atoms in total. The molecule has 2 N–H and O–H groups in total. The Bertz CT molecular complexity index is 642. The van der Waals surface area contributed by atoms with Gasteiger partial charge in [0, 0.05) is 19.0 Å². The summed E-state index contributed by atoms with van der Waals surface area (Å²) in [6, 6.07) is 8.58. The second-order valence-corrected chi connectivity index (χ2v) is 6.97. The fourth-order valence-electron chi connectivity index (χ4n) is 3.38. The lowest BCUT2D eigenvalue weighted by Gasteiger charge is -2.33. The summed E-state index contributed by atoms with van der Waals surface area (Å²) in [6.07, 6.45) is 3.30. The third-order valence-corrected chi connectivity index (χ3v) is 4.93. The van der Waals surface area contributed by atoms with Crippen molar-refractivity contribution < 1.29 is 19.5 Å². The summed E-state index contributed by atoms with van der Waals surface area (Å²) in [7, 11) is 0. The molecule has 0 spiro atoms. The van der Waals surface area contributed by atoms with Crippen molar-refractivity contribution in [2.45, 2.75) is 38.1 Å². The van der Waals surface area contributed by atoms with Crippen molar-refractivity contribution in [2.75, 3.05) is 13.1 Å². The van der Waals surface area contributed by atoms with Crippen LogP contribution in [0.15, 0.2) is 30.3 Å². The van der Waals surface area contributed by atoms with E-state index >= 15 is 0 Å². The van der Waals surface area contributed by atoms with E-state index in [-0.39, 0.29) is 30.1 Å². The molecule has 1 aliphatic heterocycles. The average Bonchev–Trinajstić information content (AvgIpc) is 3.46. The molecule has 0 bridgehead atoms. The minimum Gasteiger partial charge on any atom is -0.481 e. The Balaban J connectivity index is 1.63. The molecule has 2 amide bonds. The third kappa shape index (κ3) is 4.59. The van der Waals surface area contributed by atoms with E-state index in [0.29, 0.717) is 6.54 Å². The lowest BCUT2D eigenvalue weighted by molar-refractivity contribution is -0.138. The van der Waals surface area contributed by atoms with Crippen molar-refractivity contribution in [1.29, 1.82) is 0 Å². The highest BCUT2D eigenvalue weighted by Crippen LogP contribution is 2.32. The highest BCUT2D eigenvalue weighted by molar-refractivity contribution is 5.84. The summed E-state index contributed by atoms with van der Waals surface area (Å²) >= 11 is 0. The zero-order valence-corrected chi connectivity index (χ0v) is 14.2. The van der Waals surface area contributed by atoms with Gasteiger partial charge in [-0.15, -0.1) is 0 Å².